The van der Waals surface area contributed by atoms with E-state index in [4.69, 9.17) is 0 Å². The summed E-state index contributed by atoms with van der Waals surface area (Å²) in [6.07, 6.45) is 0. The molecule has 2 heteroatoms. The molecule has 0 aliphatic carbocycles. The van der Waals surface area contributed by atoms with Gasteiger partial charge in [-0.2, -0.15) is 0 Å². The zero-order valence-electron chi connectivity index (χ0n) is 21.0. The van der Waals surface area contributed by atoms with Crippen LogP contribution in [0, 0.1) is 0 Å². The molecule has 1 N–H and O–H groups in total. The molecule has 5 aromatic carbocycles. The van der Waals surface area contributed by atoms with Gasteiger partial charge >= 0.3 is 0 Å². The maximum absolute atomic E-state index is 12.8. The summed E-state index contributed by atoms with van der Waals surface area (Å²) in [4.78, 5) is 2.51. The third-order valence-electron chi connectivity index (χ3n) is 7.92. The third-order valence-corrected chi connectivity index (χ3v) is 7.92. The van der Waals surface area contributed by atoms with Crippen LogP contribution in [0.4, 0.5) is 0 Å². The van der Waals surface area contributed by atoms with Gasteiger partial charge in [-0.15, -0.1) is 0 Å². The molecule has 0 radical (unpaired) electrons. The minimum atomic E-state index is -1.19. The Balaban J connectivity index is 1.63. The molecular weight excluding hydrogens is 450 g/mol. The second-order valence-corrected chi connectivity index (χ2v) is 9.90. The van der Waals surface area contributed by atoms with Gasteiger partial charge in [0.2, 0.25) is 0 Å². The number of benzene rings is 5. The van der Waals surface area contributed by atoms with Gasteiger partial charge in [-0.3, -0.25) is 4.90 Å². The van der Waals surface area contributed by atoms with Crippen molar-refractivity contribution in [1.29, 1.82) is 0 Å². The average molecular weight is 482 g/mol. The highest BCUT2D eigenvalue weighted by Crippen LogP contribution is 2.57. The highest BCUT2D eigenvalue weighted by atomic mass is 16.3. The quantitative estimate of drug-likeness (QED) is 0.200. The highest BCUT2D eigenvalue weighted by Gasteiger charge is 2.66. The molecule has 0 aromatic heterocycles. The van der Waals surface area contributed by atoms with E-state index in [0.717, 1.165) is 11.1 Å². The van der Waals surface area contributed by atoms with Crippen molar-refractivity contribution in [2.45, 2.75) is 30.1 Å². The molecule has 6 rings (SSSR count). The van der Waals surface area contributed by atoms with Crippen molar-refractivity contribution in [2.75, 3.05) is 0 Å². The first-order valence-corrected chi connectivity index (χ1v) is 13.0. The molecule has 0 spiro atoms. The predicted molar refractivity (Wildman–Crippen MR) is 150 cm³/mol. The van der Waals surface area contributed by atoms with Gasteiger partial charge in [0.25, 0.3) is 0 Å². The zero-order valence-corrected chi connectivity index (χ0v) is 21.0. The molecule has 1 aliphatic heterocycles. The van der Waals surface area contributed by atoms with Gasteiger partial charge in [-0.05, 0) is 34.7 Å². The summed E-state index contributed by atoms with van der Waals surface area (Å²) in [5.74, 6) is 0. The van der Waals surface area contributed by atoms with E-state index in [9.17, 15) is 5.11 Å². The van der Waals surface area contributed by atoms with Gasteiger partial charge in [0, 0.05) is 6.04 Å². The molecule has 182 valence electrons. The first kappa shape index (κ1) is 23.4. The zero-order chi connectivity index (χ0) is 25.3. The molecule has 1 fully saturated rings. The van der Waals surface area contributed by atoms with Crippen LogP contribution in [0.15, 0.2) is 152 Å². The molecule has 3 atom stereocenters. The van der Waals surface area contributed by atoms with E-state index in [0.29, 0.717) is 0 Å². The Labute approximate surface area is 219 Å². The van der Waals surface area contributed by atoms with Crippen LogP contribution in [0.5, 0.6) is 0 Å². The average Bonchev–Trinajstić information content (AvgIpc) is 3.67. The Morgan fingerprint density at radius 2 is 0.730 bits per heavy atom. The monoisotopic (exact) mass is 481 g/mol. The Morgan fingerprint density at radius 1 is 0.459 bits per heavy atom. The molecule has 1 unspecified atom stereocenters. The van der Waals surface area contributed by atoms with E-state index in [1.54, 1.807) is 0 Å². The fourth-order valence-corrected chi connectivity index (χ4v) is 6.29. The topological polar surface area (TPSA) is 23.2 Å². The first-order chi connectivity index (χ1) is 18.2. The number of rotatable bonds is 7. The lowest BCUT2D eigenvalue weighted by atomic mass is 9.76. The minimum absolute atomic E-state index is 0.103. The van der Waals surface area contributed by atoms with Crippen LogP contribution in [0.1, 0.15) is 34.7 Å². The van der Waals surface area contributed by atoms with Crippen molar-refractivity contribution in [3.05, 3.63) is 179 Å². The van der Waals surface area contributed by atoms with E-state index in [1.165, 1.54) is 16.7 Å². The Morgan fingerprint density at radius 3 is 1.03 bits per heavy atom. The van der Waals surface area contributed by atoms with Crippen molar-refractivity contribution in [1.82, 2.24) is 4.90 Å². The summed E-state index contributed by atoms with van der Waals surface area (Å²) in [7, 11) is 0. The molecule has 1 aliphatic rings. The molecule has 37 heavy (non-hydrogen) atoms. The highest BCUT2D eigenvalue weighted by molar-refractivity contribution is 5.54. The number of hydrogen-bond donors (Lipinski definition) is 1. The standard InChI is InChI=1S/C35H31NO/c1-27-33(35(37,31-23-13-5-14-24-31)32-25-15-6-16-26-32)36(27)34(28-17-7-2-8-18-28,29-19-9-3-10-20-29)30-21-11-4-12-22-30/h2-27,33,37H,1H3/t27-,33+,36?/m1/s1. The molecule has 1 saturated heterocycles. The third kappa shape index (κ3) is 3.72. The second-order valence-electron chi connectivity index (χ2n) is 9.90. The van der Waals surface area contributed by atoms with Gasteiger partial charge in [0.05, 0.1) is 11.6 Å². The molecular formula is C35H31NO. The number of nitrogens with zero attached hydrogens (tertiary/aromatic N) is 1. The number of aliphatic hydroxyl groups is 1. The normalized spacial score (nSPS) is 19.4. The SMILES string of the molecule is C[C@@H]1[C@@H](C(O)(c2ccccc2)c2ccccc2)N1C(c1ccccc1)(c1ccccc1)c1ccccc1. The predicted octanol–water partition coefficient (Wildman–Crippen LogP) is 6.99. The van der Waals surface area contributed by atoms with Crippen molar-refractivity contribution < 1.29 is 5.11 Å². The van der Waals surface area contributed by atoms with Crippen LogP contribution < -0.4 is 0 Å². The summed E-state index contributed by atoms with van der Waals surface area (Å²) in [5.41, 5.74) is 3.60. The van der Waals surface area contributed by atoms with E-state index in [1.807, 2.05) is 60.7 Å². The van der Waals surface area contributed by atoms with Crippen molar-refractivity contribution in [3.8, 4) is 0 Å². The largest absolute Gasteiger partial charge is 0.379 e. The lowest BCUT2D eigenvalue weighted by Crippen LogP contribution is -2.44. The van der Waals surface area contributed by atoms with Crippen LogP contribution in [0.25, 0.3) is 0 Å². The van der Waals surface area contributed by atoms with Gasteiger partial charge in [0.1, 0.15) is 5.60 Å². The van der Waals surface area contributed by atoms with Crippen LogP contribution in [0.3, 0.4) is 0 Å². The maximum Gasteiger partial charge on any atom is 0.132 e. The van der Waals surface area contributed by atoms with E-state index in [-0.39, 0.29) is 12.1 Å². The van der Waals surface area contributed by atoms with Gasteiger partial charge in [0.15, 0.2) is 0 Å². The summed E-state index contributed by atoms with van der Waals surface area (Å²) in [6.45, 7) is 2.24. The molecule has 1 heterocycles. The molecule has 0 bridgehead atoms. The Kier molecular flexibility index (Phi) is 6.00. The Bertz CT molecular complexity index is 1300. The van der Waals surface area contributed by atoms with E-state index in [2.05, 4.69) is 103 Å². The number of hydrogen-bond acceptors (Lipinski definition) is 2. The van der Waals surface area contributed by atoms with Crippen molar-refractivity contribution in [3.63, 3.8) is 0 Å². The molecule has 0 amide bonds. The second kappa shape index (κ2) is 9.48. The lowest BCUT2D eigenvalue weighted by molar-refractivity contribution is 0.0549. The van der Waals surface area contributed by atoms with Gasteiger partial charge < -0.3 is 5.11 Å². The Hall–Kier alpha value is -3.98. The fourth-order valence-electron chi connectivity index (χ4n) is 6.29. The molecule has 2 nitrogen and oxygen atoms in total. The van der Waals surface area contributed by atoms with Crippen LogP contribution in [-0.2, 0) is 11.1 Å². The van der Waals surface area contributed by atoms with Gasteiger partial charge in [-0.25, -0.2) is 0 Å². The summed E-state index contributed by atoms with van der Waals surface area (Å²) < 4.78 is 0. The van der Waals surface area contributed by atoms with Crippen molar-refractivity contribution >= 4 is 0 Å². The van der Waals surface area contributed by atoms with Crippen LogP contribution >= 0.6 is 0 Å². The van der Waals surface area contributed by atoms with Crippen LogP contribution in [-0.4, -0.2) is 22.1 Å². The van der Waals surface area contributed by atoms with Gasteiger partial charge in [-0.1, -0.05) is 152 Å². The first-order valence-electron chi connectivity index (χ1n) is 13.0. The van der Waals surface area contributed by atoms with Crippen molar-refractivity contribution in [2.24, 2.45) is 0 Å². The lowest BCUT2D eigenvalue weighted by Gasteiger charge is -2.40. The van der Waals surface area contributed by atoms with E-state index < -0.39 is 11.1 Å². The molecule has 0 saturated carbocycles. The van der Waals surface area contributed by atoms with Crippen LogP contribution in [0.2, 0.25) is 0 Å². The smallest absolute Gasteiger partial charge is 0.132 e. The minimum Gasteiger partial charge on any atom is -0.379 e. The summed E-state index contributed by atoms with van der Waals surface area (Å²) in [5, 5.41) is 12.8. The fraction of sp³-hybridized carbons (Fsp3) is 0.143. The maximum atomic E-state index is 12.8. The summed E-state index contributed by atoms with van der Waals surface area (Å²) >= 11 is 0. The summed E-state index contributed by atoms with van der Waals surface area (Å²) in [6, 6.07) is 52.4. The van der Waals surface area contributed by atoms with E-state index >= 15 is 0 Å². The molecule has 5 aromatic rings.